The van der Waals surface area contributed by atoms with Crippen molar-refractivity contribution in [1.29, 1.82) is 0 Å². The van der Waals surface area contributed by atoms with E-state index in [4.69, 9.17) is 0 Å². The zero-order valence-corrected chi connectivity index (χ0v) is 13.5. The fraction of sp³-hybridized carbons (Fsp3) is 0.533. The third-order valence-electron chi connectivity index (χ3n) is 3.95. The van der Waals surface area contributed by atoms with E-state index in [0.717, 1.165) is 19.5 Å². The molecule has 1 fully saturated rings. The van der Waals surface area contributed by atoms with Gasteiger partial charge in [-0.05, 0) is 38.9 Å². The van der Waals surface area contributed by atoms with Crippen LogP contribution >= 0.6 is 0 Å². The molecule has 0 aliphatic carbocycles. The molecule has 1 heterocycles. The van der Waals surface area contributed by atoms with E-state index in [1.54, 1.807) is 44.0 Å². The maximum Gasteiger partial charge on any atom is 0.255 e. The van der Waals surface area contributed by atoms with Crippen molar-refractivity contribution < 1.29 is 13.2 Å². The van der Waals surface area contributed by atoms with E-state index in [0.29, 0.717) is 0 Å². The van der Waals surface area contributed by atoms with Gasteiger partial charge >= 0.3 is 0 Å². The van der Waals surface area contributed by atoms with Crippen LogP contribution in [-0.4, -0.2) is 50.7 Å². The van der Waals surface area contributed by atoms with Crippen molar-refractivity contribution >= 4 is 15.7 Å². The van der Waals surface area contributed by atoms with Crippen molar-refractivity contribution in [3.63, 3.8) is 0 Å². The minimum absolute atomic E-state index is 0.118. The molecule has 116 valence electrons. The van der Waals surface area contributed by atoms with E-state index in [2.05, 4.69) is 5.32 Å². The van der Waals surface area contributed by atoms with Crippen molar-refractivity contribution in [3.8, 4) is 0 Å². The Labute approximate surface area is 126 Å². The van der Waals surface area contributed by atoms with Gasteiger partial charge in [0.05, 0.1) is 15.7 Å². The van der Waals surface area contributed by atoms with Crippen LogP contribution in [0.25, 0.3) is 0 Å². The lowest BCUT2D eigenvalue weighted by molar-refractivity contribution is 0.0740. The molecule has 0 spiro atoms. The van der Waals surface area contributed by atoms with Crippen molar-refractivity contribution in [2.24, 2.45) is 0 Å². The van der Waals surface area contributed by atoms with E-state index in [1.807, 2.05) is 0 Å². The first kappa shape index (κ1) is 16.0. The standard InChI is InChI=1S/C15H22N2O3S/c1-11(2)21(19,20)14-7-5-4-6-13(14)15(18)17(3)12-8-9-16-10-12/h4-7,11-12,16H,8-10H2,1-3H3. The number of hydrogen-bond acceptors (Lipinski definition) is 4. The molecule has 1 aliphatic heterocycles. The van der Waals surface area contributed by atoms with Crippen LogP contribution in [0.5, 0.6) is 0 Å². The molecule has 0 radical (unpaired) electrons. The van der Waals surface area contributed by atoms with Gasteiger partial charge in [0.2, 0.25) is 0 Å². The largest absolute Gasteiger partial charge is 0.337 e. The molecule has 0 saturated carbocycles. The first-order valence-corrected chi connectivity index (χ1v) is 8.71. The highest BCUT2D eigenvalue weighted by Gasteiger charge is 2.29. The summed E-state index contributed by atoms with van der Waals surface area (Å²) in [6.07, 6.45) is 0.890. The highest BCUT2D eigenvalue weighted by molar-refractivity contribution is 7.92. The Morgan fingerprint density at radius 3 is 2.57 bits per heavy atom. The van der Waals surface area contributed by atoms with Gasteiger partial charge in [0, 0.05) is 19.6 Å². The van der Waals surface area contributed by atoms with Crippen LogP contribution in [-0.2, 0) is 9.84 Å². The number of likely N-dealkylation sites (N-methyl/N-ethyl adjacent to an activating group) is 1. The number of amides is 1. The van der Waals surface area contributed by atoms with Crippen LogP contribution < -0.4 is 5.32 Å². The Hall–Kier alpha value is -1.40. The molecule has 21 heavy (non-hydrogen) atoms. The van der Waals surface area contributed by atoms with Crippen LogP contribution in [0.4, 0.5) is 0 Å². The highest BCUT2D eigenvalue weighted by Crippen LogP contribution is 2.22. The maximum absolute atomic E-state index is 12.7. The van der Waals surface area contributed by atoms with Gasteiger partial charge in [0.1, 0.15) is 0 Å². The lowest BCUT2D eigenvalue weighted by atomic mass is 10.1. The van der Waals surface area contributed by atoms with E-state index in [-0.39, 0.29) is 22.4 Å². The van der Waals surface area contributed by atoms with Crippen molar-refractivity contribution in [2.75, 3.05) is 20.1 Å². The summed E-state index contributed by atoms with van der Waals surface area (Å²) in [5, 5.41) is 2.66. The molecule has 6 heteroatoms. The summed E-state index contributed by atoms with van der Waals surface area (Å²) >= 11 is 0. The average Bonchev–Trinajstić information content (AvgIpc) is 2.99. The minimum atomic E-state index is -3.47. The lowest BCUT2D eigenvalue weighted by Gasteiger charge is -2.25. The summed E-state index contributed by atoms with van der Waals surface area (Å²) < 4.78 is 24.8. The summed E-state index contributed by atoms with van der Waals surface area (Å²) in [5.41, 5.74) is 0.264. The highest BCUT2D eigenvalue weighted by atomic mass is 32.2. The van der Waals surface area contributed by atoms with Gasteiger partial charge in [-0.1, -0.05) is 12.1 Å². The molecular formula is C15H22N2O3S. The Morgan fingerprint density at radius 1 is 1.33 bits per heavy atom. The Kier molecular flexibility index (Phi) is 4.68. The van der Waals surface area contributed by atoms with Gasteiger partial charge in [-0.25, -0.2) is 8.42 Å². The third kappa shape index (κ3) is 3.11. The molecule has 1 atom stereocenters. The summed E-state index contributed by atoms with van der Waals surface area (Å²) in [6, 6.07) is 6.59. The van der Waals surface area contributed by atoms with E-state index >= 15 is 0 Å². The fourth-order valence-corrected chi connectivity index (χ4v) is 3.71. The van der Waals surface area contributed by atoms with Crippen molar-refractivity contribution in [1.82, 2.24) is 10.2 Å². The van der Waals surface area contributed by atoms with Crippen LogP contribution in [0.3, 0.4) is 0 Å². The Morgan fingerprint density at radius 2 is 2.00 bits per heavy atom. The van der Waals surface area contributed by atoms with Crippen molar-refractivity contribution in [3.05, 3.63) is 29.8 Å². The smallest absolute Gasteiger partial charge is 0.255 e. The molecule has 1 aromatic rings. The molecule has 1 aromatic carbocycles. The molecule has 1 unspecified atom stereocenters. The van der Waals surface area contributed by atoms with E-state index < -0.39 is 15.1 Å². The second-order valence-corrected chi connectivity index (χ2v) is 8.13. The van der Waals surface area contributed by atoms with Gasteiger partial charge in [-0.2, -0.15) is 0 Å². The van der Waals surface area contributed by atoms with E-state index in [1.165, 1.54) is 6.07 Å². The topological polar surface area (TPSA) is 66.5 Å². The molecule has 0 bridgehead atoms. The van der Waals surface area contributed by atoms with Crippen LogP contribution in [0.2, 0.25) is 0 Å². The predicted octanol–water partition coefficient (Wildman–Crippen LogP) is 1.30. The molecular weight excluding hydrogens is 288 g/mol. The van der Waals surface area contributed by atoms with Crippen molar-refractivity contribution in [2.45, 2.75) is 36.5 Å². The normalized spacial score (nSPS) is 19.0. The molecule has 1 aliphatic rings. The quantitative estimate of drug-likeness (QED) is 0.910. The summed E-state index contributed by atoms with van der Waals surface area (Å²) in [6.45, 7) is 4.89. The third-order valence-corrected chi connectivity index (χ3v) is 6.16. The number of nitrogens with zero attached hydrogens (tertiary/aromatic N) is 1. The monoisotopic (exact) mass is 310 g/mol. The first-order chi connectivity index (χ1) is 9.85. The number of nitrogens with one attached hydrogen (secondary N) is 1. The second-order valence-electron chi connectivity index (χ2n) is 5.65. The number of benzene rings is 1. The lowest BCUT2D eigenvalue weighted by Crippen LogP contribution is -2.39. The molecule has 2 rings (SSSR count). The van der Waals surface area contributed by atoms with E-state index in [9.17, 15) is 13.2 Å². The summed E-state index contributed by atoms with van der Waals surface area (Å²) in [7, 11) is -1.74. The van der Waals surface area contributed by atoms with Crippen LogP contribution in [0, 0.1) is 0 Å². The summed E-state index contributed by atoms with van der Waals surface area (Å²) in [4.78, 5) is 14.4. The zero-order chi connectivity index (χ0) is 15.6. The average molecular weight is 310 g/mol. The van der Waals surface area contributed by atoms with Crippen LogP contribution in [0.1, 0.15) is 30.6 Å². The molecule has 1 saturated heterocycles. The minimum Gasteiger partial charge on any atom is -0.337 e. The molecule has 1 N–H and O–H groups in total. The fourth-order valence-electron chi connectivity index (χ4n) is 2.47. The SMILES string of the molecule is CC(C)S(=O)(=O)c1ccccc1C(=O)N(C)C1CCNC1. The Balaban J connectivity index is 2.38. The number of carbonyl (C=O) groups is 1. The number of rotatable bonds is 4. The predicted molar refractivity (Wildman–Crippen MR) is 82.1 cm³/mol. The maximum atomic E-state index is 12.7. The molecule has 5 nitrogen and oxygen atoms in total. The number of hydrogen-bond donors (Lipinski definition) is 1. The van der Waals surface area contributed by atoms with Gasteiger partial charge in [0.15, 0.2) is 9.84 Å². The molecule has 0 aromatic heterocycles. The van der Waals surface area contributed by atoms with Gasteiger partial charge in [0.25, 0.3) is 5.91 Å². The number of carbonyl (C=O) groups excluding carboxylic acids is 1. The Bertz CT molecular complexity index is 620. The molecule has 1 amide bonds. The van der Waals surface area contributed by atoms with Gasteiger partial charge < -0.3 is 10.2 Å². The summed E-state index contributed by atoms with van der Waals surface area (Å²) in [5.74, 6) is -0.233. The van der Waals surface area contributed by atoms with Gasteiger partial charge in [-0.3, -0.25) is 4.79 Å². The number of sulfone groups is 1. The zero-order valence-electron chi connectivity index (χ0n) is 12.7. The first-order valence-electron chi connectivity index (χ1n) is 7.16. The second kappa shape index (κ2) is 6.15. The van der Waals surface area contributed by atoms with Gasteiger partial charge in [-0.15, -0.1) is 0 Å². The van der Waals surface area contributed by atoms with Crippen LogP contribution in [0.15, 0.2) is 29.2 Å².